The zero-order valence-electron chi connectivity index (χ0n) is 27.9. The summed E-state index contributed by atoms with van der Waals surface area (Å²) in [5, 5.41) is 0. The number of alkyl halides is 3. The molecule has 0 unspecified atom stereocenters. The molecule has 0 aliphatic heterocycles. The average Bonchev–Trinajstić information content (AvgIpc) is 2.99. The van der Waals surface area contributed by atoms with Crippen molar-refractivity contribution >= 4 is 52.0 Å². The van der Waals surface area contributed by atoms with Gasteiger partial charge in [0.2, 0.25) is 0 Å². The van der Waals surface area contributed by atoms with E-state index in [0.29, 0.717) is 25.2 Å². The van der Waals surface area contributed by atoms with E-state index in [4.69, 9.17) is 14.2 Å². The summed E-state index contributed by atoms with van der Waals surface area (Å²) in [4.78, 5) is 42.3. The monoisotopic (exact) mass is 816 g/mol. The second-order valence-corrected chi connectivity index (χ2v) is 19.5. The molecule has 0 aromatic heterocycles. The van der Waals surface area contributed by atoms with Gasteiger partial charge in [0.1, 0.15) is 0 Å². The van der Waals surface area contributed by atoms with Crippen LogP contribution in [-0.4, -0.2) is 59.2 Å². The molecule has 11 nitrogen and oxygen atoms in total. The molecular weight excluding hydrogens is 772 g/mol. The molecule has 2 aliphatic rings. The molecule has 0 radical (unpaired) electrons. The molecule has 1 aromatic carbocycles. The topological polar surface area (TPSA) is 159 Å². The first-order valence-electron chi connectivity index (χ1n) is 16.0. The van der Waals surface area contributed by atoms with Crippen LogP contribution in [0.5, 0.6) is 0 Å². The van der Waals surface area contributed by atoms with Crippen LogP contribution in [0.4, 0.5) is 13.2 Å². The summed E-state index contributed by atoms with van der Waals surface area (Å²) >= 11 is -4.77. The van der Waals surface area contributed by atoms with Crippen molar-refractivity contribution in [2.45, 2.75) is 97.8 Å². The van der Waals surface area contributed by atoms with Crippen molar-refractivity contribution in [2.75, 3.05) is 6.61 Å². The van der Waals surface area contributed by atoms with Crippen molar-refractivity contribution in [1.82, 2.24) is 0 Å². The molecule has 6 atom stereocenters. The van der Waals surface area contributed by atoms with Gasteiger partial charge in [0, 0.05) is 0 Å². The number of carbonyl (C=O) groups is 3. The second kappa shape index (κ2) is 16.9. The summed E-state index contributed by atoms with van der Waals surface area (Å²) < 4.78 is 84.7. The first-order chi connectivity index (χ1) is 22.4. The summed E-state index contributed by atoms with van der Waals surface area (Å²) in [6.45, 7) is 11.1. The Labute approximate surface area is 287 Å². The Bertz CT molecular complexity index is 1480. The molecule has 0 N–H and O–H groups in total. The minimum absolute atomic E-state index is 0.0706. The van der Waals surface area contributed by atoms with Gasteiger partial charge in [-0.1, -0.05) is 0 Å². The van der Waals surface area contributed by atoms with Crippen LogP contribution in [0.2, 0.25) is 0 Å². The number of hydrogen-bond donors (Lipinski definition) is 0. The molecule has 0 spiro atoms. The van der Waals surface area contributed by atoms with Gasteiger partial charge in [-0.2, -0.15) is 0 Å². The van der Waals surface area contributed by atoms with Gasteiger partial charge in [-0.3, -0.25) is 0 Å². The van der Waals surface area contributed by atoms with Gasteiger partial charge >= 0.3 is 288 Å². The number of nitrogens with zero attached hydrogens (tertiary/aromatic N) is 2. The van der Waals surface area contributed by atoms with E-state index in [2.05, 4.69) is 7.30 Å². The van der Waals surface area contributed by atoms with Crippen LogP contribution in [0.3, 0.4) is 0 Å². The third-order valence-electron chi connectivity index (χ3n) is 8.91. The van der Waals surface area contributed by atoms with Gasteiger partial charge in [-0.25, -0.2) is 0 Å². The SMILES string of the molecule is CC(C)[C@@H]1CC[C@@H](C)C[C@H]1OC(=O)COC(=O)c1ccccc1I(OS(=O)(=O)C(F)(F)F)C(=[N+]=[N-])C(=O)O[C@@H]1C[C@H](C)CC[C@H]1C(C)C. The number of ether oxygens (including phenoxy) is 3. The zero-order valence-corrected chi connectivity index (χ0v) is 30.8. The fourth-order valence-electron chi connectivity index (χ4n) is 6.29. The van der Waals surface area contributed by atoms with E-state index in [1.165, 1.54) is 12.1 Å². The van der Waals surface area contributed by atoms with Crippen LogP contribution >= 0.6 is 20.2 Å². The molecule has 0 saturated heterocycles. The van der Waals surface area contributed by atoms with Crippen molar-refractivity contribution < 1.29 is 57.5 Å². The molecule has 0 bridgehead atoms. The first-order valence-corrected chi connectivity index (χ1v) is 20.4. The van der Waals surface area contributed by atoms with Crippen LogP contribution in [0.15, 0.2) is 24.3 Å². The van der Waals surface area contributed by atoms with E-state index in [9.17, 15) is 41.5 Å². The molecule has 270 valence electrons. The van der Waals surface area contributed by atoms with E-state index in [0.717, 1.165) is 31.4 Å². The van der Waals surface area contributed by atoms with E-state index in [-0.39, 0.29) is 35.7 Å². The number of benzene rings is 1. The number of hydrogen-bond acceptors (Lipinski definition) is 9. The fraction of sp³-hybridized carbons (Fsp3) is 0.688. The summed E-state index contributed by atoms with van der Waals surface area (Å²) in [6, 6.07) is 4.75. The van der Waals surface area contributed by atoms with E-state index in [1.54, 1.807) is 0 Å². The number of halogens is 4. The van der Waals surface area contributed by atoms with Crippen molar-refractivity contribution in [2.24, 2.45) is 35.5 Å². The van der Waals surface area contributed by atoms with E-state index >= 15 is 0 Å². The predicted octanol–water partition coefficient (Wildman–Crippen LogP) is 6.94. The molecule has 3 rings (SSSR count). The average molecular weight is 817 g/mol. The van der Waals surface area contributed by atoms with Gasteiger partial charge < -0.3 is 0 Å². The van der Waals surface area contributed by atoms with Crippen molar-refractivity contribution in [1.29, 1.82) is 0 Å². The number of esters is 3. The van der Waals surface area contributed by atoms with Gasteiger partial charge in [-0.15, -0.1) is 0 Å². The zero-order chi connectivity index (χ0) is 36.0. The Hall–Kier alpha value is -2.56. The van der Waals surface area contributed by atoms with Crippen molar-refractivity contribution in [3.8, 4) is 0 Å². The summed E-state index contributed by atoms with van der Waals surface area (Å²) in [7, 11) is -6.36. The summed E-state index contributed by atoms with van der Waals surface area (Å²) in [5.74, 6) is -2.61. The molecule has 2 aliphatic carbocycles. The van der Waals surface area contributed by atoms with Crippen LogP contribution in [0.1, 0.15) is 90.4 Å². The van der Waals surface area contributed by atoms with Crippen LogP contribution < -0.4 is 0 Å². The molecule has 0 amide bonds. The van der Waals surface area contributed by atoms with Crippen LogP contribution in [0, 0.1) is 39.1 Å². The van der Waals surface area contributed by atoms with Crippen molar-refractivity contribution in [3.63, 3.8) is 0 Å². The Kier molecular flexibility index (Phi) is 14.0. The third kappa shape index (κ3) is 10.2. The van der Waals surface area contributed by atoms with Gasteiger partial charge in [-0.05, 0) is 0 Å². The fourth-order valence-corrected chi connectivity index (χ4v) is 12.5. The van der Waals surface area contributed by atoms with Gasteiger partial charge in [0.25, 0.3) is 0 Å². The molecule has 16 heteroatoms. The van der Waals surface area contributed by atoms with Gasteiger partial charge in [0.15, 0.2) is 0 Å². The third-order valence-corrected chi connectivity index (χ3v) is 15.9. The minimum atomic E-state index is -6.36. The molecule has 2 fully saturated rings. The Morgan fingerprint density at radius 2 is 1.44 bits per heavy atom. The predicted molar refractivity (Wildman–Crippen MR) is 177 cm³/mol. The Balaban J connectivity index is 1.90. The van der Waals surface area contributed by atoms with Gasteiger partial charge in [0.05, 0.1) is 0 Å². The normalized spacial score (nSPS) is 25.2. The quantitative estimate of drug-likeness (QED) is 0.0415. The summed E-state index contributed by atoms with van der Waals surface area (Å²) in [5.41, 5.74) is 3.53. The Morgan fingerprint density at radius 1 is 0.917 bits per heavy atom. The standard InChI is InChI=1S/C32H44F3IN2O9S/c1-18(2)22-13-11-20(5)15-26(22)45-28(39)17-44-30(40)24-9-7-8-10-25(24)36(47-48(42,43)32(33,34)35)29(38-37)31(41)46-27-16-21(6)12-14-23(27)19(3)4/h7-10,18-23,26-27H,11-17H2,1-6H3/t20-,21-,22+,23+,26-,27-/m1/s1. The van der Waals surface area contributed by atoms with Crippen molar-refractivity contribution in [3.05, 3.63) is 38.9 Å². The maximum absolute atomic E-state index is 13.5. The van der Waals surface area contributed by atoms with E-state index < -0.39 is 79.3 Å². The maximum atomic E-state index is 13.5. The first kappa shape index (κ1) is 39.9. The van der Waals surface area contributed by atoms with Crippen LogP contribution in [-0.2, 0) is 36.4 Å². The molecule has 0 heterocycles. The molecule has 2 saturated carbocycles. The Morgan fingerprint density at radius 3 is 1.94 bits per heavy atom. The molecular formula is C32H44F3IN2O9S. The number of rotatable bonds is 12. The molecule has 1 aromatic rings. The summed E-state index contributed by atoms with van der Waals surface area (Å²) in [6.07, 6.45) is 3.42. The number of carbonyl (C=O) groups excluding carboxylic acids is 3. The van der Waals surface area contributed by atoms with E-state index in [1.807, 2.05) is 41.5 Å². The van der Waals surface area contributed by atoms with Crippen LogP contribution in [0.25, 0.3) is 5.53 Å². The second-order valence-electron chi connectivity index (χ2n) is 13.3. The molecule has 48 heavy (non-hydrogen) atoms.